The van der Waals surface area contributed by atoms with Gasteiger partial charge in [0.2, 0.25) is 0 Å². The first-order chi connectivity index (χ1) is 42.9. The zero-order valence-electron chi connectivity index (χ0n) is 47.5. The van der Waals surface area contributed by atoms with Crippen LogP contribution in [0.3, 0.4) is 0 Å². The normalized spacial score (nSPS) is 13.4. The lowest BCUT2D eigenvalue weighted by molar-refractivity contribution is 0.590. The van der Waals surface area contributed by atoms with Crippen LogP contribution in [0.5, 0.6) is 0 Å². The largest absolute Gasteiger partial charge is 0.309 e. The molecular weight excluding hydrogens is 1130 g/mol. The third-order valence-electron chi connectivity index (χ3n) is 16.8. The van der Waals surface area contributed by atoms with Crippen LogP contribution in [-0.4, -0.2) is 9.13 Å². The number of para-hydroxylation sites is 1. The Kier molecular flexibility index (Phi) is 14.5. The number of hydrogen-bond acceptors (Lipinski definition) is 2. The molecule has 0 spiro atoms. The van der Waals surface area contributed by atoms with Crippen molar-refractivity contribution in [3.63, 3.8) is 0 Å². The van der Waals surface area contributed by atoms with Crippen LogP contribution in [0.1, 0.15) is 6.42 Å². The Balaban J connectivity index is 1.03. The number of aromatic nitrogens is 2. The molecule has 0 amide bonds. The SMILES string of the molecule is O=P(C1=CC=CCC=C1)(c1ccccc1)c1ccc2c(c1)c1cc(P(c3ccccc3)c3ccccc3)ccc1n2-c1cc(-n2c3ccccc3c3cc(P(c4ccccc4)c4ccccc4)ccc32)cc(P(=O)(c2ccccc2)c2ccccc2)c1. The van der Waals surface area contributed by atoms with E-state index in [1.807, 2.05) is 103 Å². The average Bonchev–Trinajstić information content (AvgIpc) is 1.68. The molecule has 2 heterocycles. The van der Waals surface area contributed by atoms with E-state index in [1.165, 1.54) is 31.8 Å². The van der Waals surface area contributed by atoms with Gasteiger partial charge in [-0.25, -0.2) is 0 Å². The summed E-state index contributed by atoms with van der Waals surface area (Å²) < 4.78 is 38.4. The lowest BCUT2D eigenvalue weighted by Crippen LogP contribution is -2.26. The zero-order chi connectivity index (χ0) is 58.3. The van der Waals surface area contributed by atoms with Crippen molar-refractivity contribution in [1.29, 1.82) is 0 Å². The van der Waals surface area contributed by atoms with E-state index in [9.17, 15) is 0 Å². The van der Waals surface area contributed by atoms with Gasteiger partial charge >= 0.3 is 0 Å². The van der Waals surface area contributed by atoms with Gasteiger partial charge in [-0.1, -0.05) is 273 Å². The van der Waals surface area contributed by atoms with Crippen LogP contribution in [0.25, 0.3) is 55.0 Å². The Morgan fingerprint density at radius 2 is 0.667 bits per heavy atom. The summed E-state index contributed by atoms with van der Waals surface area (Å²) in [4.78, 5) is 0. The van der Waals surface area contributed by atoms with E-state index in [-0.39, 0.29) is 0 Å². The fraction of sp³-hybridized carbons (Fsp3) is 0.0127. The van der Waals surface area contributed by atoms with Crippen molar-refractivity contribution >= 4 is 132 Å². The second-order valence-electron chi connectivity index (χ2n) is 21.9. The topological polar surface area (TPSA) is 44.0 Å². The average molecular weight is 1190 g/mol. The zero-order valence-corrected chi connectivity index (χ0v) is 51.1. The quantitative estimate of drug-likeness (QED) is 0.102. The number of hydrogen-bond donors (Lipinski definition) is 0. The Bertz CT molecular complexity index is 4940. The van der Waals surface area contributed by atoms with Gasteiger partial charge in [0.05, 0.1) is 22.1 Å². The van der Waals surface area contributed by atoms with Crippen molar-refractivity contribution in [2.75, 3.05) is 0 Å². The van der Waals surface area contributed by atoms with Crippen LogP contribution in [0.15, 0.2) is 345 Å². The number of fused-ring (bicyclic) bond motifs is 6. The molecule has 87 heavy (non-hydrogen) atoms. The highest BCUT2D eigenvalue weighted by Crippen LogP contribution is 2.54. The van der Waals surface area contributed by atoms with Crippen LogP contribution >= 0.6 is 30.1 Å². The minimum absolute atomic E-state index is 0.709. The Morgan fingerprint density at radius 1 is 0.287 bits per heavy atom. The van der Waals surface area contributed by atoms with Gasteiger partial charge in [-0.15, -0.1) is 0 Å². The molecule has 0 fully saturated rings. The molecule has 416 valence electrons. The molecular formula is C79H58N2O2P4. The predicted molar refractivity (Wildman–Crippen MR) is 376 cm³/mol. The fourth-order valence-electron chi connectivity index (χ4n) is 12.8. The summed E-state index contributed by atoms with van der Waals surface area (Å²) in [5.41, 5.74) is 5.76. The van der Waals surface area contributed by atoms with E-state index in [1.54, 1.807) is 0 Å². The third kappa shape index (κ3) is 9.76. The summed E-state index contributed by atoms with van der Waals surface area (Å²) in [6.45, 7) is 0. The van der Waals surface area contributed by atoms with E-state index in [0.717, 1.165) is 87.9 Å². The summed E-state index contributed by atoms with van der Waals surface area (Å²) in [6.07, 6.45) is 11.1. The molecule has 1 atom stereocenters. The highest BCUT2D eigenvalue weighted by molar-refractivity contribution is 7.85. The smallest absolute Gasteiger partial charge is 0.171 e. The van der Waals surface area contributed by atoms with Gasteiger partial charge in [0.25, 0.3) is 0 Å². The minimum atomic E-state index is -3.61. The van der Waals surface area contributed by atoms with Crippen molar-refractivity contribution in [2.45, 2.75) is 6.42 Å². The molecule has 0 saturated heterocycles. The molecule has 12 aromatic carbocycles. The number of rotatable bonds is 14. The summed E-state index contributed by atoms with van der Waals surface area (Å²) >= 11 is 0. The Morgan fingerprint density at radius 3 is 1.14 bits per heavy atom. The molecule has 1 aliphatic carbocycles. The Labute approximate surface area is 510 Å². The van der Waals surface area contributed by atoms with E-state index >= 15 is 9.13 Å². The van der Waals surface area contributed by atoms with Gasteiger partial charge in [0.15, 0.2) is 14.3 Å². The van der Waals surface area contributed by atoms with E-state index in [4.69, 9.17) is 0 Å². The van der Waals surface area contributed by atoms with E-state index in [0.29, 0.717) is 5.30 Å². The molecule has 1 aliphatic rings. The molecule has 8 heteroatoms. The maximum atomic E-state index is 17.1. The lowest BCUT2D eigenvalue weighted by atomic mass is 10.1. The van der Waals surface area contributed by atoms with Crippen molar-refractivity contribution in [3.8, 4) is 11.4 Å². The van der Waals surface area contributed by atoms with Crippen molar-refractivity contribution in [1.82, 2.24) is 9.13 Å². The van der Waals surface area contributed by atoms with Crippen LogP contribution in [0.4, 0.5) is 0 Å². The molecule has 4 nitrogen and oxygen atoms in total. The summed E-state index contributed by atoms with van der Waals surface area (Å²) in [6, 6.07) is 109. The lowest BCUT2D eigenvalue weighted by Gasteiger charge is -2.23. The van der Waals surface area contributed by atoms with Crippen molar-refractivity contribution in [3.05, 3.63) is 345 Å². The van der Waals surface area contributed by atoms with Crippen LogP contribution < -0.4 is 58.3 Å². The summed E-state index contributed by atoms with van der Waals surface area (Å²) in [7, 11) is -8.96. The van der Waals surface area contributed by atoms with Crippen LogP contribution in [0, 0.1) is 0 Å². The molecule has 2 aromatic heterocycles. The second kappa shape index (κ2) is 23.2. The number of nitrogens with zero attached hydrogens (tertiary/aromatic N) is 2. The Hall–Kier alpha value is -9.22. The summed E-state index contributed by atoms with van der Waals surface area (Å²) in [5, 5.41) is 16.4. The van der Waals surface area contributed by atoms with E-state index < -0.39 is 30.1 Å². The second-order valence-corrected chi connectivity index (χ2v) is 31.9. The first kappa shape index (κ1) is 54.4. The van der Waals surface area contributed by atoms with Gasteiger partial charge in [-0.2, -0.15) is 0 Å². The number of benzene rings is 12. The molecule has 0 bridgehead atoms. The third-order valence-corrected chi connectivity index (χ3v) is 27.7. The molecule has 14 aromatic rings. The predicted octanol–water partition coefficient (Wildman–Crippen LogP) is 15.8. The van der Waals surface area contributed by atoms with Crippen LogP contribution in [-0.2, 0) is 9.13 Å². The van der Waals surface area contributed by atoms with Gasteiger partial charge in [0, 0.05) is 64.8 Å². The molecule has 0 radical (unpaired) electrons. The first-order valence-electron chi connectivity index (χ1n) is 29.4. The molecule has 1 unspecified atom stereocenters. The summed E-state index contributed by atoms with van der Waals surface area (Å²) in [5.74, 6) is 0. The highest BCUT2D eigenvalue weighted by Gasteiger charge is 2.34. The van der Waals surface area contributed by atoms with Gasteiger partial charge in [-0.05, 0) is 121 Å². The maximum absolute atomic E-state index is 17.1. The standard InChI is InChI=1S/C79H58N2O2P4/c82-86(67-38-20-7-21-39-67,66-36-18-1-2-19-37-66)70-48-51-79-75(57-70)74-56-65(85(62-32-14-5-15-33-62)63-34-16-6-17-35-63)47-50-78(74)81(79)59-52-58(53-71(54-59)87(83,68-40-22-8-23-41-68)69-42-24-9-25-43-69)80-76-45-27-26-44-72(76)73-55-64(46-49-77(73)80)84(60-28-10-3-11-29-60)61-30-12-4-13-31-61/h1,3-57H,2H2. The maximum Gasteiger partial charge on any atom is 0.171 e. The van der Waals surface area contributed by atoms with Crippen LogP contribution in [0.2, 0.25) is 0 Å². The van der Waals surface area contributed by atoms with Gasteiger partial charge in [-0.3, -0.25) is 0 Å². The first-order valence-corrected chi connectivity index (χ1v) is 35.5. The molecule has 0 aliphatic heterocycles. The van der Waals surface area contributed by atoms with Gasteiger partial charge in [0.1, 0.15) is 0 Å². The molecule has 0 N–H and O–H groups in total. The van der Waals surface area contributed by atoms with E-state index in [2.05, 4.69) is 246 Å². The number of allylic oxidation sites excluding steroid dienone is 6. The van der Waals surface area contributed by atoms with Gasteiger partial charge < -0.3 is 18.3 Å². The fourth-order valence-corrected chi connectivity index (χ4v) is 22.8. The highest BCUT2D eigenvalue weighted by atomic mass is 31.2. The van der Waals surface area contributed by atoms with Crippen molar-refractivity contribution < 1.29 is 9.13 Å². The van der Waals surface area contributed by atoms with Crippen molar-refractivity contribution in [2.24, 2.45) is 0 Å². The molecule has 15 rings (SSSR count). The minimum Gasteiger partial charge on any atom is -0.309 e. The molecule has 0 saturated carbocycles. The monoisotopic (exact) mass is 1190 g/mol.